The van der Waals surface area contributed by atoms with Crippen LogP contribution in [0.1, 0.15) is 30.7 Å². The average molecular weight is 229 g/mol. The predicted octanol–water partition coefficient (Wildman–Crippen LogP) is 3.83. The van der Waals surface area contributed by atoms with Gasteiger partial charge in [0.1, 0.15) is 5.78 Å². The average Bonchev–Trinajstić information content (AvgIpc) is 2.51. The van der Waals surface area contributed by atoms with Gasteiger partial charge in [-0.3, -0.25) is 4.79 Å². The maximum absolute atomic E-state index is 11.1. The van der Waals surface area contributed by atoms with Crippen LogP contribution in [0.2, 0.25) is 10.0 Å². The summed E-state index contributed by atoms with van der Waals surface area (Å²) in [7, 11) is 0. The zero-order valence-electron chi connectivity index (χ0n) is 7.59. The highest BCUT2D eigenvalue weighted by Crippen LogP contribution is 2.36. The number of carbonyl (C=O) groups is 1. The number of ketones is 1. The van der Waals surface area contributed by atoms with Crippen molar-refractivity contribution in [3.8, 4) is 0 Å². The van der Waals surface area contributed by atoms with E-state index in [2.05, 4.69) is 0 Å². The third kappa shape index (κ3) is 1.94. The molecule has 0 N–H and O–H groups in total. The SMILES string of the molecule is O=C1CC[C@@H](c2ccc(Cl)cc2Cl)C1. The van der Waals surface area contributed by atoms with Crippen molar-refractivity contribution in [3.63, 3.8) is 0 Å². The highest BCUT2D eigenvalue weighted by molar-refractivity contribution is 6.35. The van der Waals surface area contributed by atoms with Crippen molar-refractivity contribution in [2.75, 3.05) is 0 Å². The van der Waals surface area contributed by atoms with Crippen molar-refractivity contribution >= 4 is 29.0 Å². The van der Waals surface area contributed by atoms with E-state index in [1.165, 1.54) is 0 Å². The molecule has 0 unspecified atom stereocenters. The van der Waals surface area contributed by atoms with Gasteiger partial charge >= 0.3 is 0 Å². The smallest absolute Gasteiger partial charge is 0.133 e. The lowest BCUT2D eigenvalue weighted by atomic mass is 9.98. The van der Waals surface area contributed by atoms with Crippen LogP contribution in [0.15, 0.2) is 18.2 Å². The summed E-state index contributed by atoms with van der Waals surface area (Å²) in [4.78, 5) is 11.1. The van der Waals surface area contributed by atoms with Crippen molar-refractivity contribution in [2.24, 2.45) is 0 Å². The van der Waals surface area contributed by atoms with Crippen LogP contribution in [0, 0.1) is 0 Å². The van der Waals surface area contributed by atoms with E-state index in [0.717, 1.165) is 12.0 Å². The van der Waals surface area contributed by atoms with Crippen LogP contribution in [-0.2, 0) is 4.79 Å². The summed E-state index contributed by atoms with van der Waals surface area (Å²) >= 11 is 11.9. The number of halogens is 2. The molecule has 1 aromatic carbocycles. The third-order valence-corrected chi connectivity index (χ3v) is 3.21. The molecule has 3 heteroatoms. The highest BCUT2D eigenvalue weighted by Gasteiger charge is 2.24. The number of carbonyl (C=O) groups excluding carboxylic acids is 1. The lowest BCUT2D eigenvalue weighted by Crippen LogP contribution is -1.95. The molecule has 1 aliphatic carbocycles. The second-order valence-electron chi connectivity index (χ2n) is 3.64. The van der Waals surface area contributed by atoms with E-state index >= 15 is 0 Å². The number of hydrogen-bond acceptors (Lipinski definition) is 1. The lowest BCUT2D eigenvalue weighted by Gasteiger charge is -2.10. The number of rotatable bonds is 1. The van der Waals surface area contributed by atoms with Crippen LogP contribution in [0.4, 0.5) is 0 Å². The quantitative estimate of drug-likeness (QED) is 0.715. The van der Waals surface area contributed by atoms with Gasteiger partial charge in [0, 0.05) is 22.9 Å². The molecule has 1 saturated carbocycles. The second-order valence-corrected chi connectivity index (χ2v) is 4.49. The molecular weight excluding hydrogens is 219 g/mol. The van der Waals surface area contributed by atoms with Crippen molar-refractivity contribution in [2.45, 2.75) is 25.2 Å². The molecule has 0 aromatic heterocycles. The van der Waals surface area contributed by atoms with Crippen LogP contribution < -0.4 is 0 Å². The van der Waals surface area contributed by atoms with Gasteiger partial charge in [-0.2, -0.15) is 0 Å². The summed E-state index contributed by atoms with van der Waals surface area (Å²) in [6, 6.07) is 5.49. The van der Waals surface area contributed by atoms with E-state index in [4.69, 9.17) is 23.2 Å². The van der Waals surface area contributed by atoms with E-state index < -0.39 is 0 Å². The van der Waals surface area contributed by atoms with Crippen molar-refractivity contribution in [1.82, 2.24) is 0 Å². The summed E-state index contributed by atoms with van der Waals surface area (Å²) in [5.41, 5.74) is 1.06. The Bertz CT molecular complexity index is 374. The summed E-state index contributed by atoms with van der Waals surface area (Å²) in [5, 5.41) is 1.32. The van der Waals surface area contributed by atoms with Gasteiger partial charge in [0.15, 0.2) is 0 Å². The molecule has 0 spiro atoms. The fourth-order valence-electron chi connectivity index (χ4n) is 1.91. The molecule has 0 bridgehead atoms. The van der Waals surface area contributed by atoms with Crippen molar-refractivity contribution in [1.29, 1.82) is 0 Å². The Morgan fingerprint density at radius 3 is 2.64 bits per heavy atom. The van der Waals surface area contributed by atoms with Gasteiger partial charge in [-0.05, 0) is 30.0 Å². The number of benzene rings is 1. The van der Waals surface area contributed by atoms with E-state index in [1.807, 2.05) is 12.1 Å². The summed E-state index contributed by atoms with van der Waals surface area (Å²) in [5.74, 6) is 0.633. The molecule has 1 fully saturated rings. The molecule has 0 radical (unpaired) electrons. The standard InChI is InChI=1S/C11H10Cl2O/c12-8-2-4-10(11(13)6-8)7-1-3-9(14)5-7/h2,4,6-7H,1,3,5H2/t7-/m1/s1. The van der Waals surface area contributed by atoms with Crippen molar-refractivity contribution < 1.29 is 4.79 Å². The minimum atomic E-state index is 0.298. The van der Waals surface area contributed by atoms with Crippen LogP contribution >= 0.6 is 23.2 Å². The third-order valence-electron chi connectivity index (χ3n) is 2.65. The summed E-state index contributed by atoms with van der Waals surface area (Å²) in [6.07, 6.45) is 2.23. The van der Waals surface area contributed by atoms with Gasteiger partial charge in [0.25, 0.3) is 0 Å². The Morgan fingerprint density at radius 1 is 1.29 bits per heavy atom. The van der Waals surface area contributed by atoms with Crippen LogP contribution in [0.5, 0.6) is 0 Å². The van der Waals surface area contributed by atoms with Gasteiger partial charge in [-0.1, -0.05) is 29.3 Å². The fourth-order valence-corrected chi connectivity index (χ4v) is 2.48. The Hall–Kier alpha value is -0.530. The molecule has 1 atom stereocenters. The van der Waals surface area contributed by atoms with E-state index in [0.29, 0.717) is 34.6 Å². The molecule has 0 amide bonds. The maximum atomic E-state index is 11.1. The summed E-state index contributed by atoms with van der Waals surface area (Å²) in [6.45, 7) is 0. The molecular formula is C11H10Cl2O. The Morgan fingerprint density at radius 2 is 2.07 bits per heavy atom. The number of hydrogen-bond donors (Lipinski definition) is 0. The monoisotopic (exact) mass is 228 g/mol. The molecule has 2 rings (SSSR count). The van der Waals surface area contributed by atoms with Gasteiger partial charge in [0.2, 0.25) is 0 Å². The van der Waals surface area contributed by atoms with Crippen molar-refractivity contribution in [3.05, 3.63) is 33.8 Å². The van der Waals surface area contributed by atoms with E-state index in [9.17, 15) is 4.79 Å². The Balaban J connectivity index is 2.28. The lowest BCUT2D eigenvalue weighted by molar-refractivity contribution is -0.117. The first kappa shape index (κ1) is 10.0. The largest absolute Gasteiger partial charge is 0.300 e. The van der Waals surface area contributed by atoms with Crippen LogP contribution in [0.25, 0.3) is 0 Å². The molecule has 0 heterocycles. The van der Waals surface area contributed by atoms with Crippen LogP contribution in [0.3, 0.4) is 0 Å². The molecule has 74 valence electrons. The van der Waals surface area contributed by atoms with Gasteiger partial charge in [-0.15, -0.1) is 0 Å². The van der Waals surface area contributed by atoms with Gasteiger partial charge in [0.05, 0.1) is 0 Å². The first-order valence-corrected chi connectivity index (χ1v) is 5.39. The summed E-state index contributed by atoms with van der Waals surface area (Å²) < 4.78 is 0. The zero-order chi connectivity index (χ0) is 10.1. The maximum Gasteiger partial charge on any atom is 0.133 e. The minimum absolute atomic E-state index is 0.298. The fraction of sp³-hybridized carbons (Fsp3) is 0.364. The van der Waals surface area contributed by atoms with E-state index in [1.54, 1.807) is 6.07 Å². The second kappa shape index (κ2) is 3.92. The van der Waals surface area contributed by atoms with Gasteiger partial charge < -0.3 is 0 Å². The first-order valence-electron chi connectivity index (χ1n) is 4.63. The molecule has 1 nitrogen and oxygen atoms in total. The van der Waals surface area contributed by atoms with Gasteiger partial charge in [-0.25, -0.2) is 0 Å². The molecule has 1 aromatic rings. The highest BCUT2D eigenvalue weighted by atomic mass is 35.5. The van der Waals surface area contributed by atoms with E-state index in [-0.39, 0.29) is 0 Å². The molecule has 0 saturated heterocycles. The topological polar surface area (TPSA) is 17.1 Å². The normalized spacial score (nSPS) is 21.6. The predicted molar refractivity (Wildman–Crippen MR) is 58.1 cm³/mol. The van der Waals surface area contributed by atoms with Crippen LogP contribution in [-0.4, -0.2) is 5.78 Å². The Labute approximate surface area is 93.0 Å². The number of Topliss-reactive ketones (excluding diaryl/α,β-unsaturated/α-hetero) is 1. The first-order chi connectivity index (χ1) is 6.66. The minimum Gasteiger partial charge on any atom is -0.300 e. The molecule has 14 heavy (non-hydrogen) atoms. The molecule has 0 aliphatic heterocycles. The Kier molecular flexibility index (Phi) is 2.80. The molecule has 1 aliphatic rings. The zero-order valence-corrected chi connectivity index (χ0v) is 9.11.